The zero-order chi connectivity index (χ0) is 10.1. The molecule has 0 radical (unpaired) electrons. The maximum atomic E-state index is 8.90. The van der Waals surface area contributed by atoms with Gasteiger partial charge in [-0.3, -0.25) is 0 Å². The van der Waals surface area contributed by atoms with E-state index in [0.29, 0.717) is 6.04 Å². The highest BCUT2D eigenvalue weighted by molar-refractivity contribution is 5.47. The maximum Gasteiger partial charge on any atom is 0.0994 e. The molecule has 1 unspecified atom stereocenters. The highest BCUT2D eigenvalue weighted by atomic mass is 14.6. The summed E-state index contributed by atoms with van der Waals surface area (Å²) in [6.07, 6.45) is 3.03. The van der Waals surface area contributed by atoms with Crippen LogP contribution in [0.5, 0.6) is 0 Å². The van der Waals surface area contributed by atoms with Crippen molar-refractivity contribution in [1.29, 1.82) is 5.26 Å². The van der Waals surface area contributed by atoms with E-state index in [1.807, 2.05) is 13.0 Å². The summed E-state index contributed by atoms with van der Waals surface area (Å²) in [5.41, 5.74) is 10.5. The molecule has 72 valence electrons. The van der Waals surface area contributed by atoms with E-state index in [4.69, 9.17) is 11.0 Å². The highest BCUT2D eigenvalue weighted by Gasteiger charge is 2.18. The van der Waals surface area contributed by atoms with Gasteiger partial charge in [-0.15, -0.1) is 0 Å². The van der Waals surface area contributed by atoms with Gasteiger partial charge in [0.25, 0.3) is 0 Å². The Hall–Kier alpha value is -1.33. The fourth-order valence-corrected chi connectivity index (χ4v) is 2.19. The third-order valence-corrected chi connectivity index (χ3v) is 3.06. The summed E-state index contributed by atoms with van der Waals surface area (Å²) in [6, 6.07) is 6.49. The lowest BCUT2D eigenvalue weighted by molar-refractivity contribution is 0.574. The summed E-state index contributed by atoms with van der Waals surface area (Å²) in [6.45, 7) is 2.04. The van der Waals surface area contributed by atoms with Crippen molar-refractivity contribution in [3.05, 3.63) is 34.4 Å². The van der Waals surface area contributed by atoms with Gasteiger partial charge in [-0.05, 0) is 48.9 Å². The van der Waals surface area contributed by atoms with Crippen molar-refractivity contribution in [3.8, 4) is 6.07 Å². The number of nitrogens with two attached hydrogens (primary N) is 1. The number of benzene rings is 1. The first-order chi connectivity index (χ1) is 6.72. The standard InChI is InChI=1S/C12H14N2/c1-8-10(7-13)3-2-9-6-11(14)4-5-12(8)9/h2-3,11H,4-6,14H2,1H3. The lowest BCUT2D eigenvalue weighted by Crippen LogP contribution is -2.28. The van der Waals surface area contributed by atoms with Crippen LogP contribution in [0.25, 0.3) is 0 Å². The maximum absolute atomic E-state index is 8.90. The minimum atomic E-state index is 0.301. The summed E-state index contributed by atoms with van der Waals surface area (Å²) in [5.74, 6) is 0. The monoisotopic (exact) mass is 186 g/mol. The molecule has 2 N–H and O–H groups in total. The Kier molecular flexibility index (Phi) is 2.26. The van der Waals surface area contributed by atoms with E-state index in [9.17, 15) is 0 Å². The van der Waals surface area contributed by atoms with Gasteiger partial charge in [-0.1, -0.05) is 6.07 Å². The van der Waals surface area contributed by atoms with Crippen molar-refractivity contribution < 1.29 is 0 Å². The first-order valence-corrected chi connectivity index (χ1v) is 4.99. The van der Waals surface area contributed by atoms with Gasteiger partial charge in [0.2, 0.25) is 0 Å². The van der Waals surface area contributed by atoms with Crippen molar-refractivity contribution in [2.45, 2.75) is 32.2 Å². The molecule has 0 heterocycles. The van der Waals surface area contributed by atoms with E-state index in [0.717, 1.165) is 30.4 Å². The summed E-state index contributed by atoms with van der Waals surface area (Å²) >= 11 is 0. The zero-order valence-electron chi connectivity index (χ0n) is 8.38. The first-order valence-electron chi connectivity index (χ1n) is 4.99. The molecule has 0 bridgehead atoms. The van der Waals surface area contributed by atoms with E-state index in [1.54, 1.807) is 0 Å². The van der Waals surface area contributed by atoms with E-state index in [1.165, 1.54) is 11.1 Å². The number of hydrogen-bond donors (Lipinski definition) is 1. The van der Waals surface area contributed by atoms with Crippen molar-refractivity contribution in [3.63, 3.8) is 0 Å². The summed E-state index contributed by atoms with van der Waals surface area (Å²) in [7, 11) is 0. The quantitative estimate of drug-likeness (QED) is 0.670. The predicted molar refractivity (Wildman–Crippen MR) is 55.9 cm³/mol. The van der Waals surface area contributed by atoms with Gasteiger partial charge in [0, 0.05) is 6.04 Å². The third-order valence-electron chi connectivity index (χ3n) is 3.06. The Morgan fingerprint density at radius 2 is 2.29 bits per heavy atom. The van der Waals surface area contributed by atoms with E-state index in [2.05, 4.69) is 12.1 Å². The van der Waals surface area contributed by atoms with Crippen LogP contribution in [0.4, 0.5) is 0 Å². The molecule has 0 spiro atoms. The van der Waals surface area contributed by atoms with Crippen LogP contribution in [-0.2, 0) is 12.8 Å². The third kappa shape index (κ3) is 1.40. The molecule has 2 rings (SSSR count). The van der Waals surface area contributed by atoms with Crippen molar-refractivity contribution in [2.75, 3.05) is 0 Å². The zero-order valence-corrected chi connectivity index (χ0v) is 8.38. The molecule has 1 atom stereocenters. The topological polar surface area (TPSA) is 49.8 Å². The molecule has 0 aliphatic heterocycles. The summed E-state index contributed by atoms with van der Waals surface area (Å²) < 4.78 is 0. The fraction of sp³-hybridized carbons (Fsp3) is 0.417. The molecule has 0 fully saturated rings. The molecular formula is C12H14N2. The van der Waals surface area contributed by atoms with Crippen LogP contribution in [0, 0.1) is 18.3 Å². The Balaban J connectivity index is 2.50. The summed E-state index contributed by atoms with van der Waals surface area (Å²) in [4.78, 5) is 0. The second kappa shape index (κ2) is 3.43. The van der Waals surface area contributed by atoms with Crippen LogP contribution in [0.15, 0.2) is 12.1 Å². The molecule has 1 aliphatic carbocycles. The van der Waals surface area contributed by atoms with Gasteiger partial charge >= 0.3 is 0 Å². The van der Waals surface area contributed by atoms with Crippen LogP contribution in [-0.4, -0.2) is 6.04 Å². The van der Waals surface area contributed by atoms with E-state index < -0.39 is 0 Å². The molecule has 0 amide bonds. The molecule has 14 heavy (non-hydrogen) atoms. The Bertz CT molecular complexity index is 402. The molecule has 1 aromatic rings. The van der Waals surface area contributed by atoms with Crippen LogP contribution in [0.3, 0.4) is 0 Å². The molecule has 0 saturated carbocycles. The van der Waals surface area contributed by atoms with Crippen molar-refractivity contribution >= 4 is 0 Å². The second-order valence-corrected chi connectivity index (χ2v) is 3.99. The normalized spacial score (nSPS) is 19.9. The number of nitriles is 1. The average molecular weight is 186 g/mol. The van der Waals surface area contributed by atoms with Gasteiger partial charge < -0.3 is 5.73 Å². The lowest BCUT2D eigenvalue weighted by Gasteiger charge is -2.23. The minimum absolute atomic E-state index is 0.301. The number of nitrogens with zero attached hydrogens (tertiary/aromatic N) is 1. The lowest BCUT2D eigenvalue weighted by atomic mass is 9.84. The predicted octanol–water partition coefficient (Wildman–Crippen LogP) is 1.68. The Morgan fingerprint density at radius 1 is 1.50 bits per heavy atom. The van der Waals surface area contributed by atoms with E-state index in [-0.39, 0.29) is 0 Å². The molecule has 0 aromatic heterocycles. The number of fused-ring (bicyclic) bond motifs is 1. The SMILES string of the molecule is Cc1c(C#N)ccc2c1CCC(N)C2. The van der Waals surface area contributed by atoms with Crippen LogP contribution >= 0.6 is 0 Å². The van der Waals surface area contributed by atoms with Gasteiger partial charge in [-0.25, -0.2) is 0 Å². The average Bonchev–Trinajstić information content (AvgIpc) is 2.18. The minimum Gasteiger partial charge on any atom is -0.327 e. The second-order valence-electron chi connectivity index (χ2n) is 3.99. The van der Waals surface area contributed by atoms with Crippen LogP contribution in [0.2, 0.25) is 0 Å². The molecule has 1 aromatic carbocycles. The molecule has 1 aliphatic rings. The number of rotatable bonds is 0. The first kappa shape index (κ1) is 9.23. The highest BCUT2D eigenvalue weighted by Crippen LogP contribution is 2.25. The molecule has 2 nitrogen and oxygen atoms in total. The van der Waals surface area contributed by atoms with Crippen LogP contribution in [0.1, 0.15) is 28.7 Å². The Morgan fingerprint density at radius 3 is 3.00 bits per heavy atom. The van der Waals surface area contributed by atoms with Crippen LogP contribution < -0.4 is 5.73 Å². The van der Waals surface area contributed by atoms with E-state index >= 15 is 0 Å². The molecule has 0 saturated heterocycles. The largest absolute Gasteiger partial charge is 0.327 e. The fourth-order valence-electron chi connectivity index (χ4n) is 2.19. The van der Waals surface area contributed by atoms with Crippen molar-refractivity contribution in [1.82, 2.24) is 0 Å². The van der Waals surface area contributed by atoms with Gasteiger partial charge in [0.15, 0.2) is 0 Å². The summed E-state index contributed by atoms with van der Waals surface area (Å²) in [5, 5.41) is 8.90. The van der Waals surface area contributed by atoms with Gasteiger partial charge in [0.05, 0.1) is 11.6 Å². The number of hydrogen-bond acceptors (Lipinski definition) is 2. The molecular weight excluding hydrogens is 172 g/mol. The molecule has 2 heteroatoms. The van der Waals surface area contributed by atoms with Gasteiger partial charge in [-0.2, -0.15) is 5.26 Å². The smallest absolute Gasteiger partial charge is 0.0994 e. The van der Waals surface area contributed by atoms with Gasteiger partial charge in [0.1, 0.15) is 0 Å². The van der Waals surface area contributed by atoms with Crippen molar-refractivity contribution in [2.24, 2.45) is 5.73 Å². The Labute approximate surface area is 84.3 Å².